The third kappa shape index (κ3) is 2.18. The van der Waals surface area contributed by atoms with E-state index >= 15 is 0 Å². The van der Waals surface area contributed by atoms with Gasteiger partial charge in [-0.25, -0.2) is 0 Å². The van der Waals surface area contributed by atoms with E-state index in [4.69, 9.17) is 5.41 Å². The van der Waals surface area contributed by atoms with Crippen LogP contribution in [0, 0.1) is 12.3 Å². The highest BCUT2D eigenvalue weighted by Crippen LogP contribution is 2.23. The molecule has 0 aliphatic heterocycles. The first-order valence-electron chi connectivity index (χ1n) is 4.77. The van der Waals surface area contributed by atoms with Crippen LogP contribution in [-0.4, -0.2) is 5.71 Å². The molecule has 0 heterocycles. The fourth-order valence-electron chi connectivity index (χ4n) is 1.74. The molecule has 0 spiro atoms. The molecule has 1 heteroatoms. The number of rotatable bonds is 3. The predicted molar refractivity (Wildman–Crippen MR) is 57.6 cm³/mol. The second kappa shape index (κ2) is 4.22. The van der Waals surface area contributed by atoms with E-state index < -0.39 is 0 Å². The Balaban J connectivity index is 3.04. The Morgan fingerprint density at radius 3 is 2.46 bits per heavy atom. The van der Waals surface area contributed by atoms with Crippen molar-refractivity contribution in [3.63, 3.8) is 0 Å². The molecule has 1 N–H and O–H groups in total. The fourth-order valence-corrected chi connectivity index (χ4v) is 1.74. The van der Waals surface area contributed by atoms with Gasteiger partial charge in [-0.15, -0.1) is 0 Å². The van der Waals surface area contributed by atoms with Crippen LogP contribution in [0.4, 0.5) is 0 Å². The van der Waals surface area contributed by atoms with Crippen LogP contribution in [-0.2, 0) is 0 Å². The Bertz CT molecular complexity index is 302. The first-order valence-corrected chi connectivity index (χ1v) is 4.77. The summed E-state index contributed by atoms with van der Waals surface area (Å²) >= 11 is 0. The molecule has 0 saturated carbocycles. The lowest BCUT2D eigenvalue weighted by atomic mass is 9.89. The number of nitrogens with one attached hydrogen (secondary N) is 1. The first kappa shape index (κ1) is 9.97. The molecule has 1 aromatic carbocycles. The summed E-state index contributed by atoms with van der Waals surface area (Å²) < 4.78 is 0. The van der Waals surface area contributed by atoms with Gasteiger partial charge in [0, 0.05) is 11.6 Å². The molecule has 1 aromatic rings. The van der Waals surface area contributed by atoms with Gasteiger partial charge in [0.25, 0.3) is 0 Å². The van der Waals surface area contributed by atoms with Crippen molar-refractivity contribution in [3.8, 4) is 0 Å². The van der Waals surface area contributed by atoms with Crippen molar-refractivity contribution in [2.24, 2.45) is 0 Å². The van der Waals surface area contributed by atoms with E-state index in [0.717, 1.165) is 12.1 Å². The Morgan fingerprint density at radius 1 is 1.38 bits per heavy atom. The van der Waals surface area contributed by atoms with Crippen LogP contribution in [0.5, 0.6) is 0 Å². The van der Waals surface area contributed by atoms with Crippen molar-refractivity contribution in [3.05, 3.63) is 35.4 Å². The van der Waals surface area contributed by atoms with Gasteiger partial charge >= 0.3 is 0 Å². The summed E-state index contributed by atoms with van der Waals surface area (Å²) in [7, 11) is 0. The molecule has 1 unspecified atom stereocenters. The van der Waals surface area contributed by atoms with Crippen LogP contribution in [0.1, 0.15) is 37.3 Å². The number of hydrogen-bond donors (Lipinski definition) is 1. The SMILES string of the molecule is CCC(C(C)=N)c1ccccc1C. The third-order valence-electron chi connectivity index (χ3n) is 2.49. The Labute approximate surface area is 80.3 Å². The van der Waals surface area contributed by atoms with E-state index in [1.165, 1.54) is 11.1 Å². The summed E-state index contributed by atoms with van der Waals surface area (Å²) in [6.07, 6.45) is 1.01. The van der Waals surface area contributed by atoms with E-state index in [1.54, 1.807) is 0 Å². The van der Waals surface area contributed by atoms with Gasteiger partial charge in [-0.1, -0.05) is 31.2 Å². The highest BCUT2D eigenvalue weighted by atomic mass is 14.4. The predicted octanol–water partition coefficient (Wildman–Crippen LogP) is 3.53. The van der Waals surface area contributed by atoms with Gasteiger partial charge in [0.05, 0.1) is 0 Å². The summed E-state index contributed by atoms with van der Waals surface area (Å²) in [5, 5.41) is 7.69. The van der Waals surface area contributed by atoms with E-state index in [9.17, 15) is 0 Å². The summed E-state index contributed by atoms with van der Waals surface area (Å²) in [4.78, 5) is 0. The fraction of sp³-hybridized carbons (Fsp3) is 0.417. The number of hydrogen-bond acceptors (Lipinski definition) is 1. The number of benzene rings is 1. The Morgan fingerprint density at radius 2 is 2.00 bits per heavy atom. The van der Waals surface area contributed by atoms with E-state index in [2.05, 4.69) is 26.0 Å². The molecule has 0 saturated heterocycles. The molecule has 13 heavy (non-hydrogen) atoms. The smallest absolute Gasteiger partial charge is 0.0213 e. The molecule has 0 radical (unpaired) electrons. The second-order valence-electron chi connectivity index (χ2n) is 3.50. The monoisotopic (exact) mass is 175 g/mol. The van der Waals surface area contributed by atoms with E-state index in [1.807, 2.05) is 19.1 Å². The summed E-state index contributed by atoms with van der Waals surface area (Å²) in [5.41, 5.74) is 3.36. The molecule has 0 amide bonds. The van der Waals surface area contributed by atoms with Crippen LogP contribution < -0.4 is 0 Å². The third-order valence-corrected chi connectivity index (χ3v) is 2.49. The largest absolute Gasteiger partial charge is 0.309 e. The van der Waals surface area contributed by atoms with Gasteiger partial charge in [0.15, 0.2) is 0 Å². The topological polar surface area (TPSA) is 23.9 Å². The van der Waals surface area contributed by atoms with E-state index in [-0.39, 0.29) is 0 Å². The zero-order valence-corrected chi connectivity index (χ0v) is 8.59. The van der Waals surface area contributed by atoms with E-state index in [0.29, 0.717) is 5.92 Å². The van der Waals surface area contributed by atoms with Crippen LogP contribution >= 0.6 is 0 Å². The van der Waals surface area contributed by atoms with Gasteiger partial charge in [-0.3, -0.25) is 0 Å². The van der Waals surface area contributed by atoms with Crippen molar-refractivity contribution in [2.45, 2.75) is 33.1 Å². The maximum Gasteiger partial charge on any atom is 0.0213 e. The average molecular weight is 175 g/mol. The van der Waals surface area contributed by atoms with Crippen molar-refractivity contribution in [1.82, 2.24) is 0 Å². The Hall–Kier alpha value is -1.11. The molecule has 0 aliphatic carbocycles. The summed E-state index contributed by atoms with van der Waals surface area (Å²) in [5.74, 6) is 0.307. The maximum absolute atomic E-state index is 7.69. The molecule has 1 rings (SSSR count). The molecular weight excluding hydrogens is 158 g/mol. The lowest BCUT2D eigenvalue weighted by Crippen LogP contribution is -2.08. The molecule has 0 bridgehead atoms. The maximum atomic E-state index is 7.69. The van der Waals surface area contributed by atoms with Gasteiger partial charge in [-0.2, -0.15) is 0 Å². The molecule has 0 aromatic heterocycles. The molecular formula is C12H17N. The zero-order valence-electron chi connectivity index (χ0n) is 8.59. The zero-order chi connectivity index (χ0) is 9.84. The van der Waals surface area contributed by atoms with Crippen molar-refractivity contribution >= 4 is 5.71 Å². The van der Waals surface area contributed by atoms with Crippen LogP contribution in [0.15, 0.2) is 24.3 Å². The van der Waals surface area contributed by atoms with Crippen molar-refractivity contribution in [2.75, 3.05) is 0 Å². The lowest BCUT2D eigenvalue weighted by molar-refractivity contribution is 0.828. The average Bonchev–Trinajstić information content (AvgIpc) is 2.09. The standard InChI is InChI=1S/C12H17N/c1-4-11(10(3)13)12-8-6-5-7-9(12)2/h5-8,11,13H,4H2,1-3H3. The normalized spacial score (nSPS) is 12.5. The number of aryl methyl sites for hydroxylation is 1. The minimum Gasteiger partial charge on any atom is -0.309 e. The van der Waals surface area contributed by atoms with Gasteiger partial charge in [0.2, 0.25) is 0 Å². The molecule has 0 aliphatic rings. The summed E-state index contributed by atoms with van der Waals surface area (Å²) in [6, 6.07) is 8.33. The highest BCUT2D eigenvalue weighted by molar-refractivity contribution is 5.86. The molecule has 1 atom stereocenters. The van der Waals surface area contributed by atoms with Crippen molar-refractivity contribution < 1.29 is 0 Å². The van der Waals surface area contributed by atoms with Crippen molar-refractivity contribution in [1.29, 1.82) is 5.41 Å². The first-order chi connectivity index (χ1) is 6.16. The van der Waals surface area contributed by atoms with Crippen LogP contribution in [0.2, 0.25) is 0 Å². The molecule has 0 fully saturated rings. The van der Waals surface area contributed by atoms with Gasteiger partial charge in [0.1, 0.15) is 0 Å². The molecule has 70 valence electrons. The molecule has 1 nitrogen and oxygen atoms in total. The highest BCUT2D eigenvalue weighted by Gasteiger charge is 2.12. The van der Waals surface area contributed by atoms with Crippen LogP contribution in [0.3, 0.4) is 0 Å². The quantitative estimate of drug-likeness (QED) is 0.679. The minimum absolute atomic E-state index is 0.307. The Kier molecular flexibility index (Phi) is 3.24. The lowest BCUT2D eigenvalue weighted by Gasteiger charge is -2.16. The second-order valence-corrected chi connectivity index (χ2v) is 3.50. The van der Waals surface area contributed by atoms with Crippen LogP contribution in [0.25, 0.3) is 0 Å². The summed E-state index contributed by atoms with van der Waals surface area (Å²) in [6.45, 7) is 6.14. The van der Waals surface area contributed by atoms with Gasteiger partial charge < -0.3 is 5.41 Å². The van der Waals surface area contributed by atoms with Gasteiger partial charge in [-0.05, 0) is 31.4 Å². The minimum atomic E-state index is 0.307.